The monoisotopic (exact) mass is 399 g/mol. The quantitative estimate of drug-likeness (QED) is 0.413. The maximum absolute atomic E-state index is 8.88. The SMILES string of the molecule is C=C/C(B(O)O)=C(Cl)\C(=C/C)N[S-].[NH-]c1ccccc1.[Y]. The van der Waals surface area contributed by atoms with E-state index in [-0.39, 0.29) is 43.2 Å². The number of rotatable bonds is 4. The Morgan fingerprint density at radius 2 is 1.90 bits per heavy atom. The van der Waals surface area contributed by atoms with Crippen molar-refractivity contribution in [1.82, 2.24) is 4.72 Å². The molecule has 0 bridgehead atoms. The average Bonchev–Trinajstić information content (AvgIpc) is 2.42. The predicted molar refractivity (Wildman–Crippen MR) is 87.9 cm³/mol. The van der Waals surface area contributed by atoms with Crippen molar-refractivity contribution in [3.05, 3.63) is 71.0 Å². The Morgan fingerprint density at radius 3 is 2.14 bits per heavy atom. The van der Waals surface area contributed by atoms with Crippen molar-refractivity contribution < 1.29 is 42.8 Å². The fourth-order valence-corrected chi connectivity index (χ4v) is 1.74. The molecule has 0 aliphatic heterocycles. The Morgan fingerprint density at radius 1 is 1.38 bits per heavy atom. The molecule has 0 aliphatic carbocycles. The van der Waals surface area contributed by atoms with Crippen LogP contribution in [0, 0.1) is 0 Å². The smallest absolute Gasteiger partial charge is 0.490 e. The van der Waals surface area contributed by atoms with Crippen molar-refractivity contribution >= 4 is 37.2 Å². The summed E-state index contributed by atoms with van der Waals surface area (Å²) in [7, 11) is -1.65. The maximum Gasteiger partial charge on any atom is 0.490 e. The first-order valence-electron chi connectivity index (χ1n) is 5.67. The van der Waals surface area contributed by atoms with Crippen LogP contribution in [0.3, 0.4) is 0 Å². The maximum atomic E-state index is 8.88. The molecule has 1 radical (unpaired) electrons. The summed E-state index contributed by atoms with van der Waals surface area (Å²) >= 11 is 10.4. The molecule has 1 aromatic carbocycles. The van der Waals surface area contributed by atoms with Gasteiger partial charge < -0.3 is 33.3 Å². The van der Waals surface area contributed by atoms with Crippen molar-refractivity contribution in [1.29, 1.82) is 0 Å². The van der Waals surface area contributed by atoms with Crippen LogP contribution in [0.5, 0.6) is 0 Å². The Hall–Kier alpha value is -0.231. The molecular formula is C13H16BClN2O2SY-2. The van der Waals surface area contributed by atoms with Gasteiger partial charge in [-0.1, -0.05) is 60.7 Å². The molecule has 0 spiro atoms. The minimum atomic E-state index is -1.65. The Bertz CT molecular complexity index is 484. The van der Waals surface area contributed by atoms with Gasteiger partial charge in [-0.25, -0.2) is 0 Å². The molecule has 0 fully saturated rings. The summed E-state index contributed by atoms with van der Waals surface area (Å²) in [6.07, 6.45) is 2.89. The summed E-state index contributed by atoms with van der Waals surface area (Å²) in [6, 6.07) is 9.10. The van der Waals surface area contributed by atoms with Gasteiger partial charge in [-0.05, 0) is 6.92 Å². The van der Waals surface area contributed by atoms with Gasteiger partial charge in [0.25, 0.3) is 0 Å². The first kappa shape index (κ1) is 23.0. The van der Waals surface area contributed by atoms with Crippen molar-refractivity contribution in [2.75, 3.05) is 0 Å². The Labute approximate surface area is 161 Å². The minimum Gasteiger partial charge on any atom is -0.699 e. The fraction of sp³-hybridized carbons (Fsp3) is 0.0769. The molecule has 1 aromatic rings. The molecule has 21 heavy (non-hydrogen) atoms. The van der Waals surface area contributed by atoms with Gasteiger partial charge in [0.1, 0.15) is 0 Å². The molecule has 8 heteroatoms. The number of halogens is 1. The topological polar surface area (TPSA) is 76.3 Å². The van der Waals surface area contributed by atoms with Crippen molar-refractivity contribution in [3.63, 3.8) is 0 Å². The van der Waals surface area contributed by atoms with Gasteiger partial charge in [-0.15, -0.1) is 5.69 Å². The Balaban J connectivity index is 0. The molecule has 0 amide bonds. The minimum absolute atomic E-state index is 0. The van der Waals surface area contributed by atoms with E-state index in [0.717, 1.165) is 0 Å². The first-order valence-corrected chi connectivity index (χ1v) is 6.46. The predicted octanol–water partition coefficient (Wildman–Crippen LogP) is 3.00. The molecule has 0 aliphatic rings. The molecule has 111 valence electrons. The van der Waals surface area contributed by atoms with Crippen LogP contribution in [-0.4, -0.2) is 17.2 Å². The summed E-state index contributed by atoms with van der Waals surface area (Å²) in [4.78, 5) is 0. The molecule has 4 N–H and O–H groups in total. The van der Waals surface area contributed by atoms with E-state index in [1.807, 2.05) is 18.2 Å². The number of benzene rings is 1. The zero-order valence-corrected chi connectivity index (χ0v) is 16.0. The van der Waals surface area contributed by atoms with Crippen LogP contribution in [0.2, 0.25) is 0 Å². The van der Waals surface area contributed by atoms with E-state index >= 15 is 0 Å². The molecule has 0 atom stereocenters. The second-order valence-electron chi connectivity index (χ2n) is 3.52. The van der Waals surface area contributed by atoms with Crippen molar-refractivity contribution in [2.24, 2.45) is 0 Å². The largest absolute Gasteiger partial charge is 0.699 e. The van der Waals surface area contributed by atoms with E-state index in [4.69, 9.17) is 27.4 Å². The summed E-state index contributed by atoms with van der Waals surface area (Å²) in [5.74, 6) is 0. The summed E-state index contributed by atoms with van der Waals surface area (Å²) < 4.78 is 2.41. The van der Waals surface area contributed by atoms with Crippen LogP contribution >= 0.6 is 11.6 Å². The molecule has 4 nitrogen and oxygen atoms in total. The molecule has 0 unspecified atom stereocenters. The van der Waals surface area contributed by atoms with Gasteiger partial charge >= 0.3 is 7.12 Å². The third kappa shape index (κ3) is 9.40. The van der Waals surface area contributed by atoms with E-state index in [2.05, 4.69) is 24.1 Å². The van der Waals surface area contributed by atoms with Crippen LogP contribution < -0.4 is 4.72 Å². The third-order valence-corrected chi connectivity index (χ3v) is 2.80. The zero-order chi connectivity index (χ0) is 15.5. The second kappa shape index (κ2) is 13.4. The third-order valence-electron chi connectivity index (χ3n) is 2.16. The number of hydrogen-bond donors (Lipinski definition) is 3. The fourth-order valence-electron chi connectivity index (χ4n) is 1.13. The average molecular weight is 400 g/mol. The van der Waals surface area contributed by atoms with Gasteiger partial charge in [0.15, 0.2) is 0 Å². The van der Waals surface area contributed by atoms with Crippen LogP contribution in [0.4, 0.5) is 5.69 Å². The van der Waals surface area contributed by atoms with Gasteiger partial charge in [-0.3, -0.25) is 0 Å². The van der Waals surface area contributed by atoms with Crippen LogP contribution in [0.15, 0.2) is 65.3 Å². The van der Waals surface area contributed by atoms with E-state index in [0.29, 0.717) is 11.4 Å². The van der Waals surface area contributed by atoms with Gasteiger partial charge in [0.2, 0.25) is 0 Å². The summed E-state index contributed by atoms with van der Waals surface area (Å²) in [6.45, 7) is 5.13. The van der Waals surface area contributed by atoms with Gasteiger partial charge in [0.05, 0.1) is 5.03 Å². The van der Waals surface area contributed by atoms with E-state index in [9.17, 15) is 0 Å². The second-order valence-corrected chi connectivity index (χ2v) is 4.10. The van der Waals surface area contributed by atoms with Crippen molar-refractivity contribution in [2.45, 2.75) is 6.92 Å². The number of hydrogen-bond acceptors (Lipinski definition) is 4. The molecule has 0 saturated carbocycles. The summed E-state index contributed by atoms with van der Waals surface area (Å²) in [5.41, 5.74) is 8.13. The van der Waals surface area contributed by atoms with Crippen LogP contribution in [0.1, 0.15) is 6.92 Å². The summed E-state index contributed by atoms with van der Waals surface area (Å²) in [5, 5.41) is 17.9. The standard InChI is InChI=1S/C7H10BClNO2S.C6H6N.Y/c1-3-5(8(11)12)7(9)6(4-2)10-13;7-6-4-2-1-3-5-6;/h3-4,10-12H,1H2,2H3;1-5,7H;/q2*-1;/b6-4+,7-5-;;. The first-order chi connectivity index (χ1) is 9.47. The van der Waals surface area contributed by atoms with E-state index in [1.54, 1.807) is 25.1 Å². The zero-order valence-electron chi connectivity index (χ0n) is 11.6. The molecule has 1 rings (SSSR count). The molecule has 0 heterocycles. The Kier molecular flexibility index (Phi) is 14.7. The van der Waals surface area contributed by atoms with E-state index in [1.165, 1.54) is 6.08 Å². The van der Waals surface area contributed by atoms with Crippen LogP contribution in [-0.2, 0) is 45.5 Å². The molecule has 0 saturated heterocycles. The van der Waals surface area contributed by atoms with Gasteiger partial charge in [-0.2, -0.15) is 0 Å². The molecule has 0 aromatic heterocycles. The number of allylic oxidation sites excluding steroid dienone is 4. The van der Waals surface area contributed by atoms with Crippen molar-refractivity contribution in [3.8, 4) is 0 Å². The number of nitrogens with one attached hydrogen (secondary N) is 2. The van der Waals surface area contributed by atoms with Gasteiger partial charge in [0, 0.05) is 43.9 Å². The van der Waals surface area contributed by atoms with Crippen LogP contribution in [0.25, 0.3) is 5.73 Å². The normalized spacial score (nSPS) is 11.2. The molecular weight excluding hydrogens is 383 g/mol. The van der Waals surface area contributed by atoms with E-state index < -0.39 is 7.12 Å².